The molecule has 0 aromatic carbocycles. The van der Waals surface area contributed by atoms with Crippen molar-refractivity contribution >= 4 is 29.9 Å². The molecule has 2 heterocycles. The molecule has 7 nitrogen and oxygen atoms in total. The zero-order chi connectivity index (χ0) is 15.4. The van der Waals surface area contributed by atoms with Crippen molar-refractivity contribution in [1.29, 1.82) is 0 Å². The molecule has 1 aliphatic heterocycles. The molecule has 3 rings (SSSR count). The number of rotatable bonds is 4. The Morgan fingerprint density at radius 1 is 1.35 bits per heavy atom. The molecule has 1 saturated carbocycles. The van der Waals surface area contributed by atoms with E-state index in [0.29, 0.717) is 12.6 Å². The lowest BCUT2D eigenvalue weighted by Gasteiger charge is -2.24. The Morgan fingerprint density at radius 3 is 2.78 bits per heavy atom. The van der Waals surface area contributed by atoms with E-state index in [2.05, 4.69) is 30.7 Å². The second-order valence-corrected chi connectivity index (χ2v) is 6.35. The fourth-order valence-corrected chi connectivity index (χ4v) is 3.52. The van der Waals surface area contributed by atoms with Crippen molar-refractivity contribution in [2.24, 2.45) is 12.0 Å². The Bertz CT molecular complexity index is 510. The number of nitrogens with zero attached hydrogens (tertiary/aromatic N) is 5. The van der Waals surface area contributed by atoms with Gasteiger partial charge in [-0.15, -0.1) is 34.2 Å². The van der Waals surface area contributed by atoms with Crippen molar-refractivity contribution in [3.05, 3.63) is 12.2 Å². The summed E-state index contributed by atoms with van der Waals surface area (Å²) >= 11 is 0. The van der Waals surface area contributed by atoms with Crippen LogP contribution in [0.4, 0.5) is 0 Å². The van der Waals surface area contributed by atoms with Gasteiger partial charge in [0.2, 0.25) is 0 Å². The van der Waals surface area contributed by atoms with Gasteiger partial charge in [-0.2, -0.15) is 0 Å². The molecule has 23 heavy (non-hydrogen) atoms. The minimum atomic E-state index is 0. The highest BCUT2D eigenvalue weighted by molar-refractivity contribution is 14.0. The van der Waals surface area contributed by atoms with E-state index < -0.39 is 0 Å². The lowest BCUT2D eigenvalue weighted by molar-refractivity contribution is 0.242. The van der Waals surface area contributed by atoms with Gasteiger partial charge < -0.3 is 15.2 Å². The summed E-state index contributed by atoms with van der Waals surface area (Å²) in [5.41, 5.74) is 0. The molecule has 1 saturated heterocycles. The van der Waals surface area contributed by atoms with Gasteiger partial charge in [0.25, 0.3) is 0 Å². The number of likely N-dealkylation sites (tertiary alicyclic amines) is 1. The number of halogens is 1. The van der Waals surface area contributed by atoms with Crippen LogP contribution >= 0.6 is 24.0 Å². The van der Waals surface area contributed by atoms with Crippen molar-refractivity contribution in [3.8, 4) is 0 Å². The minimum Gasteiger partial charge on any atom is -0.352 e. The van der Waals surface area contributed by atoms with Gasteiger partial charge in [-0.3, -0.25) is 9.89 Å². The Labute approximate surface area is 155 Å². The summed E-state index contributed by atoms with van der Waals surface area (Å²) in [7, 11) is 3.76. The average molecular weight is 433 g/mol. The summed E-state index contributed by atoms with van der Waals surface area (Å²) < 4.78 is 1.91. The predicted molar refractivity (Wildman–Crippen MR) is 102 cm³/mol. The molecule has 0 amide bonds. The van der Waals surface area contributed by atoms with Gasteiger partial charge in [-0.05, 0) is 19.3 Å². The molecule has 1 atom stereocenters. The first-order valence-electron chi connectivity index (χ1n) is 8.30. The summed E-state index contributed by atoms with van der Waals surface area (Å²) in [6.07, 6.45) is 8.48. The molecule has 0 bridgehead atoms. The lowest BCUT2D eigenvalue weighted by atomic mass is 10.2. The van der Waals surface area contributed by atoms with E-state index in [1.165, 1.54) is 38.6 Å². The highest BCUT2D eigenvalue weighted by atomic mass is 127. The van der Waals surface area contributed by atoms with Crippen molar-refractivity contribution in [2.45, 2.75) is 50.7 Å². The third kappa shape index (κ3) is 4.79. The molecule has 1 aromatic heterocycles. The number of nitrogens with one attached hydrogen (secondary N) is 2. The third-order valence-electron chi connectivity index (χ3n) is 4.84. The molecule has 2 fully saturated rings. The first-order valence-corrected chi connectivity index (χ1v) is 8.30. The summed E-state index contributed by atoms with van der Waals surface area (Å²) in [5.74, 6) is 1.75. The van der Waals surface area contributed by atoms with Crippen molar-refractivity contribution in [3.63, 3.8) is 0 Å². The fraction of sp³-hybridized carbons (Fsp3) is 0.800. The van der Waals surface area contributed by atoms with E-state index in [4.69, 9.17) is 0 Å². The molecule has 0 radical (unpaired) electrons. The summed E-state index contributed by atoms with van der Waals surface area (Å²) in [4.78, 5) is 6.98. The van der Waals surface area contributed by atoms with Gasteiger partial charge in [0.15, 0.2) is 11.8 Å². The topological polar surface area (TPSA) is 70.4 Å². The first kappa shape index (κ1) is 18.4. The molecule has 0 spiro atoms. The Hall–Kier alpha value is -0.900. The van der Waals surface area contributed by atoms with Crippen LogP contribution in [0.25, 0.3) is 0 Å². The largest absolute Gasteiger partial charge is 0.352 e. The van der Waals surface area contributed by atoms with Gasteiger partial charge in [0, 0.05) is 39.3 Å². The van der Waals surface area contributed by atoms with Crippen LogP contribution in [-0.4, -0.2) is 57.8 Å². The monoisotopic (exact) mass is 433 g/mol. The van der Waals surface area contributed by atoms with Gasteiger partial charge in [-0.1, -0.05) is 12.8 Å². The molecule has 130 valence electrons. The first-order chi connectivity index (χ1) is 10.8. The van der Waals surface area contributed by atoms with E-state index >= 15 is 0 Å². The molecule has 2 aliphatic rings. The van der Waals surface area contributed by atoms with Crippen LogP contribution in [-0.2, 0) is 13.6 Å². The maximum absolute atomic E-state index is 4.32. The molecule has 1 aromatic rings. The van der Waals surface area contributed by atoms with E-state index in [1.807, 2.05) is 18.7 Å². The smallest absolute Gasteiger partial charge is 0.191 e. The molecule has 1 unspecified atom stereocenters. The molecular weight excluding hydrogens is 405 g/mol. The summed E-state index contributed by atoms with van der Waals surface area (Å²) in [5, 5.41) is 14.8. The minimum absolute atomic E-state index is 0. The number of aliphatic imine (C=N–C) groups is 1. The molecular formula is C15H28IN7. The molecule has 2 N–H and O–H groups in total. The van der Waals surface area contributed by atoms with Gasteiger partial charge >= 0.3 is 0 Å². The zero-order valence-electron chi connectivity index (χ0n) is 14.0. The second-order valence-electron chi connectivity index (χ2n) is 6.35. The summed E-state index contributed by atoms with van der Waals surface area (Å²) in [6, 6.07) is 1.31. The van der Waals surface area contributed by atoms with Crippen molar-refractivity contribution < 1.29 is 0 Å². The Kier molecular flexibility index (Phi) is 7.07. The second kappa shape index (κ2) is 8.81. The van der Waals surface area contributed by atoms with Crippen LogP contribution in [0.5, 0.6) is 0 Å². The normalized spacial score (nSPS) is 23.0. The van der Waals surface area contributed by atoms with Crippen molar-refractivity contribution in [1.82, 2.24) is 30.3 Å². The maximum atomic E-state index is 4.32. The van der Waals surface area contributed by atoms with E-state index in [-0.39, 0.29) is 24.0 Å². The van der Waals surface area contributed by atoms with Crippen LogP contribution in [0, 0.1) is 0 Å². The van der Waals surface area contributed by atoms with Gasteiger partial charge in [-0.25, -0.2) is 0 Å². The number of hydrogen-bond donors (Lipinski definition) is 2. The van der Waals surface area contributed by atoms with Gasteiger partial charge in [0.1, 0.15) is 6.33 Å². The standard InChI is InChI=1S/C15H27N7.HI/c1-16-15(17-9-14-20-18-11-21(14)2)19-12-7-8-22(10-12)13-5-3-4-6-13;/h11-13H,3-10H2,1-2H3,(H2,16,17,19);1H. The summed E-state index contributed by atoms with van der Waals surface area (Å²) in [6.45, 7) is 2.98. The number of aryl methyl sites for hydroxylation is 1. The van der Waals surface area contributed by atoms with Gasteiger partial charge in [0.05, 0.1) is 6.54 Å². The number of guanidine groups is 1. The van der Waals surface area contributed by atoms with E-state index in [1.54, 1.807) is 6.33 Å². The van der Waals surface area contributed by atoms with Crippen molar-refractivity contribution in [2.75, 3.05) is 20.1 Å². The Morgan fingerprint density at radius 2 is 2.13 bits per heavy atom. The zero-order valence-corrected chi connectivity index (χ0v) is 16.4. The highest BCUT2D eigenvalue weighted by Gasteiger charge is 2.30. The van der Waals surface area contributed by atoms with Crippen LogP contribution < -0.4 is 10.6 Å². The molecule has 8 heteroatoms. The van der Waals surface area contributed by atoms with E-state index in [9.17, 15) is 0 Å². The SMILES string of the molecule is CN=C(NCc1nncn1C)NC1CCN(C2CCCC2)C1.I. The van der Waals surface area contributed by atoms with Crippen LogP contribution in [0.2, 0.25) is 0 Å². The Balaban J connectivity index is 0.00000192. The van der Waals surface area contributed by atoms with E-state index in [0.717, 1.165) is 24.4 Å². The highest BCUT2D eigenvalue weighted by Crippen LogP contribution is 2.26. The molecule has 1 aliphatic carbocycles. The fourth-order valence-electron chi connectivity index (χ4n) is 3.52. The average Bonchev–Trinajstić information content (AvgIpc) is 3.25. The van der Waals surface area contributed by atoms with Crippen LogP contribution in [0.15, 0.2) is 11.3 Å². The lowest BCUT2D eigenvalue weighted by Crippen LogP contribution is -2.45. The van der Waals surface area contributed by atoms with Crippen LogP contribution in [0.1, 0.15) is 37.9 Å². The van der Waals surface area contributed by atoms with Crippen LogP contribution in [0.3, 0.4) is 0 Å². The number of hydrogen-bond acceptors (Lipinski definition) is 4. The quantitative estimate of drug-likeness (QED) is 0.423. The number of aromatic nitrogens is 3. The third-order valence-corrected chi connectivity index (χ3v) is 4.84. The maximum Gasteiger partial charge on any atom is 0.191 e. The predicted octanol–water partition coefficient (Wildman–Crippen LogP) is 1.11.